The van der Waals surface area contributed by atoms with Gasteiger partial charge in [-0.15, -0.1) is 0 Å². The quantitative estimate of drug-likeness (QED) is 0.493. The first-order valence-corrected chi connectivity index (χ1v) is 10.7. The molecular formula is C23H26N8. The molecule has 0 saturated carbocycles. The summed E-state index contributed by atoms with van der Waals surface area (Å²) in [6.45, 7) is 6.08. The summed E-state index contributed by atoms with van der Waals surface area (Å²) in [5.74, 6) is 2.93. The zero-order valence-electron chi connectivity index (χ0n) is 17.8. The molecule has 0 radical (unpaired) electrons. The van der Waals surface area contributed by atoms with Gasteiger partial charge in [-0.2, -0.15) is 9.97 Å². The SMILES string of the molecule is Cc1ccc(Nc2nc(Nc3ccn4ccnc4c3)cc(N3CCCCC3)n2)nc1C. The maximum Gasteiger partial charge on any atom is 0.232 e. The summed E-state index contributed by atoms with van der Waals surface area (Å²) < 4.78 is 1.97. The Hall–Kier alpha value is -3.68. The van der Waals surface area contributed by atoms with E-state index in [1.807, 2.05) is 48.0 Å². The second-order valence-corrected chi connectivity index (χ2v) is 7.94. The number of fused-ring (bicyclic) bond motifs is 1. The van der Waals surface area contributed by atoms with Crippen molar-refractivity contribution < 1.29 is 0 Å². The number of aromatic nitrogens is 5. The third-order valence-electron chi connectivity index (χ3n) is 5.65. The molecule has 4 aromatic heterocycles. The smallest absolute Gasteiger partial charge is 0.232 e. The van der Waals surface area contributed by atoms with Crippen LogP contribution in [-0.2, 0) is 0 Å². The Morgan fingerprint density at radius 2 is 1.71 bits per heavy atom. The molecular weight excluding hydrogens is 388 g/mol. The molecule has 31 heavy (non-hydrogen) atoms. The van der Waals surface area contributed by atoms with E-state index in [4.69, 9.17) is 9.97 Å². The molecule has 2 N–H and O–H groups in total. The molecule has 5 heterocycles. The Bertz CT molecular complexity index is 1210. The largest absolute Gasteiger partial charge is 0.356 e. The standard InChI is InChI=1S/C23H26N8/c1-16-6-7-19(25-17(16)2)27-23-28-20(15-22(29-23)30-10-4-3-5-11-30)26-18-8-12-31-13-9-24-21(31)14-18/h6-9,12-15H,3-5,10-11H2,1-2H3,(H2,25,26,27,28,29). The maximum atomic E-state index is 4.79. The van der Waals surface area contributed by atoms with Crippen molar-refractivity contribution in [2.24, 2.45) is 0 Å². The number of hydrogen-bond acceptors (Lipinski definition) is 7. The zero-order valence-corrected chi connectivity index (χ0v) is 17.8. The molecule has 4 aromatic rings. The lowest BCUT2D eigenvalue weighted by molar-refractivity contribution is 0.573. The number of imidazole rings is 1. The summed E-state index contributed by atoms with van der Waals surface area (Å²) in [5, 5.41) is 6.71. The van der Waals surface area contributed by atoms with E-state index in [2.05, 4.69) is 38.5 Å². The molecule has 0 amide bonds. The number of nitrogens with zero attached hydrogens (tertiary/aromatic N) is 6. The van der Waals surface area contributed by atoms with Crippen molar-refractivity contribution in [1.82, 2.24) is 24.3 Å². The number of aryl methyl sites for hydroxylation is 2. The molecule has 5 rings (SSSR count). The summed E-state index contributed by atoms with van der Waals surface area (Å²) in [7, 11) is 0. The molecule has 0 spiro atoms. The minimum Gasteiger partial charge on any atom is -0.356 e. The van der Waals surface area contributed by atoms with Gasteiger partial charge in [-0.3, -0.25) is 0 Å². The van der Waals surface area contributed by atoms with Gasteiger partial charge in [-0.25, -0.2) is 9.97 Å². The lowest BCUT2D eigenvalue weighted by Crippen LogP contribution is -2.30. The maximum absolute atomic E-state index is 4.79. The van der Waals surface area contributed by atoms with Gasteiger partial charge >= 0.3 is 0 Å². The molecule has 0 atom stereocenters. The monoisotopic (exact) mass is 414 g/mol. The lowest BCUT2D eigenvalue weighted by Gasteiger charge is -2.28. The molecule has 1 saturated heterocycles. The van der Waals surface area contributed by atoms with E-state index < -0.39 is 0 Å². The number of rotatable bonds is 5. The van der Waals surface area contributed by atoms with Crippen molar-refractivity contribution in [3.8, 4) is 0 Å². The number of nitrogens with one attached hydrogen (secondary N) is 2. The number of anilines is 5. The molecule has 0 bridgehead atoms. The van der Waals surface area contributed by atoms with Crippen molar-refractivity contribution >= 4 is 34.7 Å². The second kappa shape index (κ2) is 8.22. The minimum absolute atomic E-state index is 0.531. The van der Waals surface area contributed by atoms with E-state index in [0.29, 0.717) is 5.95 Å². The van der Waals surface area contributed by atoms with Crippen LogP contribution in [0.1, 0.15) is 30.5 Å². The van der Waals surface area contributed by atoms with Crippen LogP contribution in [0.2, 0.25) is 0 Å². The first kappa shape index (κ1) is 19.3. The average molecular weight is 415 g/mol. The van der Waals surface area contributed by atoms with E-state index in [9.17, 15) is 0 Å². The van der Waals surface area contributed by atoms with Crippen LogP contribution in [0.4, 0.5) is 29.1 Å². The molecule has 0 unspecified atom stereocenters. The van der Waals surface area contributed by atoms with Crippen molar-refractivity contribution in [2.45, 2.75) is 33.1 Å². The number of pyridine rings is 2. The summed E-state index contributed by atoms with van der Waals surface area (Å²) in [6, 6.07) is 10.0. The molecule has 1 aliphatic rings. The predicted molar refractivity (Wildman–Crippen MR) is 124 cm³/mol. The van der Waals surface area contributed by atoms with Crippen LogP contribution in [0, 0.1) is 13.8 Å². The van der Waals surface area contributed by atoms with Gasteiger partial charge in [-0.1, -0.05) is 6.07 Å². The molecule has 8 nitrogen and oxygen atoms in total. The third kappa shape index (κ3) is 4.28. The van der Waals surface area contributed by atoms with E-state index in [-0.39, 0.29) is 0 Å². The van der Waals surface area contributed by atoms with Gasteiger partial charge in [0.05, 0.1) is 0 Å². The molecule has 8 heteroatoms. The van der Waals surface area contributed by atoms with Gasteiger partial charge in [0.15, 0.2) is 0 Å². The highest BCUT2D eigenvalue weighted by Crippen LogP contribution is 2.25. The first-order chi connectivity index (χ1) is 15.1. The Morgan fingerprint density at radius 3 is 2.55 bits per heavy atom. The van der Waals surface area contributed by atoms with Crippen molar-refractivity contribution in [2.75, 3.05) is 28.6 Å². The first-order valence-electron chi connectivity index (χ1n) is 10.7. The highest BCUT2D eigenvalue weighted by atomic mass is 15.3. The fourth-order valence-corrected chi connectivity index (χ4v) is 3.79. The zero-order chi connectivity index (χ0) is 21.2. The number of hydrogen-bond donors (Lipinski definition) is 2. The van der Waals surface area contributed by atoms with Crippen molar-refractivity contribution in [3.05, 3.63) is 60.2 Å². The van der Waals surface area contributed by atoms with Crippen LogP contribution in [0.5, 0.6) is 0 Å². The van der Waals surface area contributed by atoms with Crippen LogP contribution in [0.3, 0.4) is 0 Å². The average Bonchev–Trinajstić information content (AvgIpc) is 3.25. The number of piperidine rings is 1. The minimum atomic E-state index is 0.531. The molecule has 1 aliphatic heterocycles. The Labute approximate surface area is 181 Å². The third-order valence-corrected chi connectivity index (χ3v) is 5.65. The van der Waals surface area contributed by atoms with E-state index in [1.54, 1.807) is 6.20 Å². The Morgan fingerprint density at radius 1 is 0.839 bits per heavy atom. The summed E-state index contributed by atoms with van der Waals surface area (Å²) in [5.41, 5.74) is 3.96. The van der Waals surface area contributed by atoms with E-state index in [0.717, 1.165) is 53.1 Å². The van der Waals surface area contributed by atoms with Crippen LogP contribution >= 0.6 is 0 Å². The predicted octanol–water partition coefficient (Wildman–Crippen LogP) is 4.61. The highest BCUT2D eigenvalue weighted by molar-refractivity contribution is 5.65. The van der Waals surface area contributed by atoms with E-state index >= 15 is 0 Å². The highest BCUT2D eigenvalue weighted by Gasteiger charge is 2.15. The Kier molecular flexibility index (Phi) is 5.11. The van der Waals surface area contributed by atoms with Gasteiger partial charge < -0.3 is 19.9 Å². The Balaban J connectivity index is 1.47. The van der Waals surface area contributed by atoms with Gasteiger partial charge in [0, 0.05) is 55.2 Å². The summed E-state index contributed by atoms with van der Waals surface area (Å²) in [6.07, 6.45) is 9.34. The van der Waals surface area contributed by atoms with Gasteiger partial charge in [0.1, 0.15) is 23.1 Å². The topological polar surface area (TPSA) is 83.3 Å². The van der Waals surface area contributed by atoms with Crippen LogP contribution in [-0.4, -0.2) is 37.4 Å². The molecule has 0 aromatic carbocycles. The fraction of sp³-hybridized carbons (Fsp3) is 0.304. The van der Waals surface area contributed by atoms with Crippen molar-refractivity contribution in [1.29, 1.82) is 0 Å². The fourth-order valence-electron chi connectivity index (χ4n) is 3.79. The van der Waals surface area contributed by atoms with Crippen LogP contribution < -0.4 is 15.5 Å². The van der Waals surface area contributed by atoms with Gasteiger partial charge in [0.25, 0.3) is 0 Å². The van der Waals surface area contributed by atoms with Crippen LogP contribution in [0.15, 0.2) is 48.9 Å². The summed E-state index contributed by atoms with van der Waals surface area (Å²) in [4.78, 5) is 20.8. The molecule has 0 aliphatic carbocycles. The van der Waals surface area contributed by atoms with Crippen molar-refractivity contribution in [3.63, 3.8) is 0 Å². The van der Waals surface area contributed by atoms with Gasteiger partial charge in [-0.05, 0) is 50.8 Å². The normalized spacial score (nSPS) is 14.1. The lowest BCUT2D eigenvalue weighted by atomic mass is 10.1. The molecule has 158 valence electrons. The van der Waals surface area contributed by atoms with E-state index in [1.165, 1.54) is 19.3 Å². The second-order valence-electron chi connectivity index (χ2n) is 7.94. The van der Waals surface area contributed by atoms with Crippen LogP contribution in [0.25, 0.3) is 5.65 Å². The van der Waals surface area contributed by atoms with Gasteiger partial charge in [0.2, 0.25) is 5.95 Å². The molecule has 1 fully saturated rings. The summed E-state index contributed by atoms with van der Waals surface area (Å²) >= 11 is 0.